The van der Waals surface area contributed by atoms with Crippen LogP contribution in [0.2, 0.25) is 0 Å². The SMILES string of the molecule is CCNc1nnc(-c2ccc(F)c(F)c2F)n1CC. The van der Waals surface area contributed by atoms with Gasteiger partial charge < -0.3 is 5.32 Å². The predicted molar refractivity (Wildman–Crippen MR) is 65.2 cm³/mol. The van der Waals surface area contributed by atoms with E-state index in [1.54, 1.807) is 4.57 Å². The second-order valence-corrected chi connectivity index (χ2v) is 3.84. The monoisotopic (exact) mass is 270 g/mol. The van der Waals surface area contributed by atoms with Crippen LogP contribution in [0.5, 0.6) is 0 Å². The summed E-state index contributed by atoms with van der Waals surface area (Å²) in [4.78, 5) is 0. The summed E-state index contributed by atoms with van der Waals surface area (Å²) in [7, 11) is 0. The second-order valence-electron chi connectivity index (χ2n) is 3.84. The lowest BCUT2D eigenvalue weighted by molar-refractivity contribution is 0.448. The number of aromatic nitrogens is 3. The molecule has 0 spiro atoms. The van der Waals surface area contributed by atoms with E-state index in [4.69, 9.17) is 0 Å². The number of halogens is 3. The molecule has 7 heteroatoms. The van der Waals surface area contributed by atoms with Gasteiger partial charge in [-0.1, -0.05) is 0 Å². The maximum absolute atomic E-state index is 13.7. The number of rotatable bonds is 4. The van der Waals surface area contributed by atoms with Gasteiger partial charge in [-0.15, -0.1) is 10.2 Å². The van der Waals surface area contributed by atoms with Gasteiger partial charge >= 0.3 is 0 Å². The first-order valence-electron chi connectivity index (χ1n) is 5.91. The smallest absolute Gasteiger partial charge is 0.224 e. The van der Waals surface area contributed by atoms with E-state index in [1.807, 2.05) is 13.8 Å². The fourth-order valence-electron chi connectivity index (χ4n) is 1.79. The van der Waals surface area contributed by atoms with E-state index in [0.29, 0.717) is 19.0 Å². The number of benzene rings is 1. The third-order valence-electron chi connectivity index (χ3n) is 2.68. The number of hydrogen-bond donors (Lipinski definition) is 1. The van der Waals surface area contributed by atoms with Crippen LogP contribution in [0.3, 0.4) is 0 Å². The lowest BCUT2D eigenvalue weighted by Crippen LogP contribution is -2.07. The van der Waals surface area contributed by atoms with Crippen LogP contribution in [-0.4, -0.2) is 21.3 Å². The molecule has 0 fully saturated rings. The minimum absolute atomic E-state index is 0.114. The molecule has 0 amide bonds. The number of hydrogen-bond acceptors (Lipinski definition) is 3. The summed E-state index contributed by atoms with van der Waals surface area (Å²) >= 11 is 0. The molecule has 2 rings (SSSR count). The molecule has 4 nitrogen and oxygen atoms in total. The van der Waals surface area contributed by atoms with Gasteiger partial charge in [0, 0.05) is 13.1 Å². The first-order valence-corrected chi connectivity index (χ1v) is 5.91. The molecule has 102 valence electrons. The molecule has 1 heterocycles. The first kappa shape index (κ1) is 13.4. The van der Waals surface area contributed by atoms with Gasteiger partial charge in [-0.05, 0) is 26.0 Å². The highest BCUT2D eigenvalue weighted by Gasteiger charge is 2.20. The van der Waals surface area contributed by atoms with Crippen molar-refractivity contribution in [1.29, 1.82) is 0 Å². The molecule has 0 saturated carbocycles. The van der Waals surface area contributed by atoms with Crippen LogP contribution >= 0.6 is 0 Å². The molecule has 1 aromatic heterocycles. The van der Waals surface area contributed by atoms with Crippen LogP contribution in [0, 0.1) is 17.5 Å². The minimum atomic E-state index is -1.51. The molecule has 0 unspecified atom stereocenters. The average Bonchev–Trinajstić information content (AvgIpc) is 2.79. The van der Waals surface area contributed by atoms with Crippen molar-refractivity contribution in [2.24, 2.45) is 0 Å². The van der Waals surface area contributed by atoms with Crippen LogP contribution in [0.1, 0.15) is 13.8 Å². The van der Waals surface area contributed by atoms with Crippen LogP contribution in [-0.2, 0) is 6.54 Å². The zero-order valence-electron chi connectivity index (χ0n) is 10.5. The average molecular weight is 270 g/mol. The molecule has 2 aromatic rings. The number of nitrogens with zero attached hydrogens (tertiary/aromatic N) is 3. The Hall–Kier alpha value is -2.05. The van der Waals surface area contributed by atoms with Gasteiger partial charge in [-0.25, -0.2) is 13.2 Å². The highest BCUT2D eigenvalue weighted by molar-refractivity contribution is 5.58. The van der Waals surface area contributed by atoms with E-state index in [-0.39, 0.29) is 11.4 Å². The molecular weight excluding hydrogens is 257 g/mol. The molecular formula is C12H13F3N4. The Labute approximate surface area is 108 Å². The summed E-state index contributed by atoms with van der Waals surface area (Å²) in [5.74, 6) is -3.37. The van der Waals surface area contributed by atoms with Gasteiger partial charge in [0.15, 0.2) is 23.3 Å². The van der Waals surface area contributed by atoms with Crippen molar-refractivity contribution >= 4 is 5.95 Å². The normalized spacial score (nSPS) is 10.8. The molecule has 1 aromatic carbocycles. The van der Waals surface area contributed by atoms with Crippen molar-refractivity contribution in [3.8, 4) is 11.4 Å². The molecule has 0 aliphatic heterocycles. The van der Waals surface area contributed by atoms with Gasteiger partial charge in [-0.2, -0.15) is 0 Å². The summed E-state index contributed by atoms with van der Waals surface area (Å²) in [5, 5.41) is 10.7. The summed E-state index contributed by atoms with van der Waals surface area (Å²) in [6.07, 6.45) is 0. The van der Waals surface area contributed by atoms with E-state index < -0.39 is 17.5 Å². The Kier molecular flexibility index (Phi) is 3.73. The highest BCUT2D eigenvalue weighted by atomic mass is 19.2. The van der Waals surface area contributed by atoms with Crippen molar-refractivity contribution in [2.75, 3.05) is 11.9 Å². The topological polar surface area (TPSA) is 42.7 Å². The highest BCUT2D eigenvalue weighted by Crippen LogP contribution is 2.26. The zero-order chi connectivity index (χ0) is 14.0. The zero-order valence-corrected chi connectivity index (χ0v) is 10.5. The molecule has 0 atom stereocenters. The lowest BCUT2D eigenvalue weighted by Gasteiger charge is -2.09. The van der Waals surface area contributed by atoms with E-state index in [2.05, 4.69) is 15.5 Å². The van der Waals surface area contributed by atoms with Crippen molar-refractivity contribution < 1.29 is 13.2 Å². The van der Waals surface area contributed by atoms with Gasteiger partial charge in [0.05, 0.1) is 5.56 Å². The van der Waals surface area contributed by atoms with Crippen molar-refractivity contribution in [3.63, 3.8) is 0 Å². The lowest BCUT2D eigenvalue weighted by atomic mass is 10.2. The number of nitrogens with one attached hydrogen (secondary N) is 1. The van der Waals surface area contributed by atoms with Crippen LogP contribution in [0.15, 0.2) is 12.1 Å². The van der Waals surface area contributed by atoms with E-state index in [1.165, 1.54) is 0 Å². The van der Waals surface area contributed by atoms with Crippen molar-refractivity contribution in [2.45, 2.75) is 20.4 Å². The largest absolute Gasteiger partial charge is 0.355 e. The third-order valence-corrected chi connectivity index (χ3v) is 2.68. The molecule has 0 aliphatic rings. The van der Waals surface area contributed by atoms with Crippen LogP contribution in [0.25, 0.3) is 11.4 Å². The Morgan fingerprint density at radius 2 is 1.84 bits per heavy atom. The molecule has 1 N–H and O–H groups in total. The summed E-state index contributed by atoms with van der Waals surface area (Å²) in [5.41, 5.74) is -0.114. The number of anilines is 1. The Bertz CT molecular complexity index is 595. The van der Waals surface area contributed by atoms with Crippen molar-refractivity contribution in [1.82, 2.24) is 14.8 Å². The maximum Gasteiger partial charge on any atom is 0.224 e. The van der Waals surface area contributed by atoms with Gasteiger partial charge in [0.2, 0.25) is 5.95 Å². The summed E-state index contributed by atoms with van der Waals surface area (Å²) in [6.45, 7) is 4.81. The molecule has 0 saturated heterocycles. The second kappa shape index (κ2) is 5.29. The fourth-order valence-corrected chi connectivity index (χ4v) is 1.79. The minimum Gasteiger partial charge on any atom is -0.355 e. The van der Waals surface area contributed by atoms with Gasteiger partial charge in [-0.3, -0.25) is 4.57 Å². The predicted octanol–water partition coefficient (Wildman–Crippen LogP) is 2.81. The van der Waals surface area contributed by atoms with E-state index in [0.717, 1.165) is 12.1 Å². The third kappa shape index (κ3) is 2.27. The Morgan fingerprint density at radius 3 is 2.47 bits per heavy atom. The molecule has 0 radical (unpaired) electrons. The standard InChI is InChI=1S/C12H13F3N4/c1-3-16-12-18-17-11(19(12)4-2)7-5-6-8(13)10(15)9(7)14/h5-6H,3-4H2,1-2H3,(H,16,18). The molecule has 19 heavy (non-hydrogen) atoms. The van der Waals surface area contributed by atoms with E-state index >= 15 is 0 Å². The molecule has 0 aliphatic carbocycles. The Balaban J connectivity index is 2.56. The van der Waals surface area contributed by atoms with Crippen molar-refractivity contribution in [3.05, 3.63) is 29.6 Å². The van der Waals surface area contributed by atoms with Crippen LogP contribution in [0.4, 0.5) is 19.1 Å². The first-order chi connectivity index (χ1) is 9.10. The summed E-state index contributed by atoms with van der Waals surface area (Å²) < 4.78 is 41.5. The van der Waals surface area contributed by atoms with E-state index in [9.17, 15) is 13.2 Å². The fraction of sp³-hybridized carbons (Fsp3) is 0.333. The molecule has 0 bridgehead atoms. The maximum atomic E-state index is 13.7. The van der Waals surface area contributed by atoms with Gasteiger partial charge in [0.1, 0.15) is 0 Å². The Morgan fingerprint density at radius 1 is 1.11 bits per heavy atom. The summed E-state index contributed by atoms with van der Waals surface area (Å²) in [6, 6.07) is 2.02. The quantitative estimate of drug-likeness (QED) is 0.869. The van der Waals surface area contributed by atoms with Gasteiger partial charge in [0.25, 0.3) is 0 Å². The van der Waals surface area contributed by atoms with Crippen LogP contribution < -0.4 is 5.32 Å².